The molecule has 2 heterocycles. The molecule has 0 unspecified atom stereocenters. The van der Waals surface area contributed by atoms with E-state index in [0.29, 0.717) is 6.04 Å². The smallest absolute Gasteiger partial charge is 0.0897 e. The van der Waals surface area contributed by atoms with Crippen molar-refractivity contribution in [1.29, 1.82) is 0 Å². The lowest BCUT2D eigenvalue weighted by atomic mass is 10.3. The van der Waals surface area contributed by atoms with Crippen molar-refractivity contribution in [3.05, 3.63) is 16.1 Å². The number of likely N-dealkylation sites (tertiary alicyclic amines) is 1. The summed E-state index contributed by atoms with van der Waals surface area (Å²) in [6, 6.07) is 0.383. The van der Waals surface area contributed by atoms with E-state index < -0.39 is 0 Å². The topological polar surface area (TPSA) is 42.2 Å². The molecule has 13 heavy (non-hydrogen) atoms. The van der Waals surface area contributed by atoms with E-state index in [9.17, 15) is 0 Å². The molecule has 0 bridgehead atoms. The third-order valence-electron chi connectivity index (χ3n) is 2.36. The first-order chi connectivity index (χ1) is 6.24. The van der Waals surface area contributed by atoms with Crippen LogP contribution in [-0.4, -0.2) is 29.0 Å². The highest BCUT2D eigenvalue weighted by Crippen LogP contribution is 2.17. The Kier molecular flexibility index (Phi) is 2.62. The summed E-state index contributed by atoms with van der Waals surface area (Å²) in [5.41, 5.74) is 5.83. The molecule has 3 nitrogen and oxygen atoms in total. The van der Waals surface area contributed by atoms with E-state index in [-0.39, 0.29) is 0 Å². The van der Waals surface area contributed by atoms with Crippen LogP contribution in [0.25, 0.3) is 0 Å². The zero-order chi connectivity index (χ0) is 9.26. The molecule has 1 aliphatic rings. The van der Waals surface area contributed by atoms with Crippen LogP contribution in [0.1, 0.15) is 16.3 Å². The van der Waals surface area contributed by atoms with Crippen LogP contribution in [0.5, 0.6) is 0 Å². The Hall–Kier alpha value is -0.450. The van der Waals surface area contributed by atoms with Crippen molar-refractivity contribution in [2.45, 2.75) is 25.9 Å². The molecule has 4 heteroatoms. The van der Waals surface area contributed by atoms with Gasteiger partial charge in [-0.1, -0.05) is 0 Å². The minimum atomic E-state index is 0.383. The molecule has 0 spiro atoms. The summed E-state index contributed by atoms with van der Waals surface area (Å²) in [5.74, 6) is 0. The molecule has 1 fully saturated rings. The molecule has 1 aliphatic heterocycles. The van der Waals surface area contributed by atoms with Crippen LogP contribution in [-0.2, 0) is 6.54 Å². The van der Waals surface area contributed by atoms with Crippen molar-refractivity contribution in [2.75, 3.05) is 13.1 Å². The van der Waals surface area contributed by atoms with Crippen molar-refractivity contribution in [2.24, 2.45) is 5.73 Å². The Morgan fingerprint density at radius 3 is 3.15 bits per heavy atom. The average Bonchev–Trinajstić information content (AvgIpc) is 2.62. The molecule has 1 aromatic heterocycles. The monoisotopic (exact) mass is 197 g/mol. The maximum atomic E-state index is 5.83. The number of thiazole rings is 1. The second kappa shape index (κ2) is 3.74. The Morgan fingerprint density at radius 1 is 1.77 bits per heavy atom. The third kappa shape index (κ3) is 2.27. The lowest BCUT2D eigenvalue weighted by molar-refractivity contribution is 0.329. The largest absolute Gasteiger partial charge is 0.326 e. The van der Waals surface area contributed by atoms with Gasteiger partial charge in [-0.2, -0.15) is 0 Å². The first kappa shape index (κ1) is 9.12. The third-order valence-corrected chi connectivity index (χ3v) is 3.25. The van der Waals surface area contributed by atoms with E-state index >= 15 is 0 Å². The number of hydrogen-bond donors (Lipinski definition) is 1. The molecule has 1 saturated heterocycles. The Balaban J connectivity index is 1.91. The highest BCUT2D eigenvalue weighted by Gasteiger charge is 2.19. The maximum absolute atomic E-state index is 5.83. The van der Waals surface area contributed by atoms with Gasteiger partial charge in [0.1, 0.15) is 0 Å². The van der Waals surface area contributed by atoms with Gasteiger partial charge in [0.2, 0.25) is 0 Å². The van der Waals surface area contributed by atoms with Crippen molar-refractivity contribution >= 4 is 11.3 Å². The van der Waals surface area contributed by atoms with Crippen molar-refractivity contribution in [3.63, 3.8) is 0 Å². The Morgan fingerprint density at radius 2 is 2.62 bits per heavy atom. The zero-order valence-electron chi connectivity index (χ0n) is 7.86. The molecule has 72 valence electrons. The zero-order valence-corrected chi connectivity index (χ0v) is 8.68. The molecule has 1 atom stereocenters. The number of nitrogens with two attached hydrogens (primary N) is 1. The van der Waals surface area contributed by atoms with Gasteiger partial charge in [-0.15, -0.1) is 11.3 Å². The van der Waals surface area contributed by atoms with Crippen LogP contribution < -0.4 is 5.73 Å². The van der Waals surface area contributed by atoms with E-state index in [4.69, 9.17) is 5.73 Å². The molecule has 1 aromatic rings. The van der Waals surface area contributed by atoms with Gasteiger partial charge in [-0.05, 0) is 13.3 Å². The highest BCUT2D eigenvalue weighted by atomic mass is 32.1. The first-order valence-corrected chi connectivity index (χ1v) is 5.45. The van der Waals surface area contributed by atoms with Gasteiger partial charge in [0.15, 0.2) is 0 Å². The molecule has 0 aromatic carbocycles. The molecule has 0 radical (unpaired) electrons. The number of hydrogen-bond acceptors (Lipinski definition) is 4. The molecular formula is C9H15N3S. The lowest BCUT2D eigenvalue weighted by Gasteiger charge is -2.12. The summed E-state index contributed by atoms with van der Waals surface area (Å²) in [6.45, 7) is 5.25. The highest BCUT2D eigenvalue weighted by molar-refractivity contribution is 7.11. The number of nitrogens with zero attached hydrogens (tertiary/aromatic N) is 2. The Labute approximate surface area is 82.6 Å². The van der Waals surface area contributed by atoms with Crippen LogP contribution in [0, 0.1) is 6.92 Å². The van der Waals surface area contributed by atoms with Crippen molar-refractivity contribution in [3.8, 4) is 0 Å². The SMILES string of the molecule is Cc1ncc(CN2CC[C@H](N)C2)s1. The van der Waals surface area contributed by atoms with E-state index in [1.807, 2.05) is 13.1 Å². The fourth-order valence-corrected chi connectivity index (χ4v) is 2.54. The number of aryl methyl sites for hydroxylation is 1. The van der Waals surface area contributed by atoms with Crippen LogP contribution in [0.2, 0.25) is 0 Å². The lowest BCUT2D eigenvalue weighted by Crippen LogP contribution is -2.25. The number of rotatable bonds is 2. The minimum Gasteiger partial charge on any atom is -0.326 e. The molecule has 0 amide bonds. The summed E-state index contributed by atoms with van der Waals surface area (Å²) < 4.78 is 0. The van der Waals surface area contributed by atoms with Gasteiger partial charge < -0.3 is 5.73 Å². The molecule has 0 aliphatic carbocycles. The van der Waals surface area contributed by atoms with E-state index in [0.717, 1.165) is 31.1 Å². The normalized spacial score (nSPS) is 24.0. The predicted octanol–water partition coefficient (Wildman–Crippen LogP) is 0.985. The Bertz CT molecular complexity index is 284. The van der Waals surface area contributed by atoms with Gasteiger partial charge in [0.05, 0.1) is 5.01 Å². The fraction of sp³-hybridized carbons (Fsp3) is 0.667. The van der Waals surface area contributed by atoms with Crippen LogP contribution in [0.15, 0.2) is 6.20 Å². The summed E-state index contributed by atoms with van der Waals surface area (Å²) in [4.78, 5) is 7.99. The standard InChI is InChI=1S/C9H15N3S/c1-7-11-4-9(13-7)6-12-3-2-8(10)5-12/h4,8H,2-3,5-6,10H2,1H3/t8-/m0/s1. The van der Waals surface area contributed by atoms with Crippen LogP contribution >= 0.6 is 11.3 Å². The summed E-state index contributed by atoms with van der Waals surface area (Å²) in [7, 11) is 0. The van der Waals surface area contributed by atoms with Crippen molar-refractivity contribution < 1.29 is 0 Å². The van der Waals surface area contributed by atoms with Gasteiger partial charge in [-0.3, -0.25) is 4.90 Å². The van der Waals surface area contributed by atoms with E-state index in [1.165, 1.54) is 4.88 Å². The van der Waals surface area contributed by atoms with Gasteiger partial charge in [-0.25, -0.2) is 4.98 Å². The van der Waals surface area contributed by atoms with Crippen molar-refractivity contribution in [1.82, 2.24) is 9.88 Å². The second-order valence-corrected chi connectivity index (χ2v) is 4.95. The average molecular weight is 197 g/mol. The first-order valence-electron chi connectivity index (χ1n) is 4.63. The quantitative estimate of drug-likeness (QED) is 0.768. The van der Waals surface area contributed by atoms with E-state index in [2.05, 4.69) is 9.88 Å². The number of aromatic nitrogens is 1. The maximum Gasteiger partial charge on any atom is 0.0897 e. The fourth-order valence-electron chi connectivity index (χ4n) is 1.71. The van der Waals surface area contributed by atoms with Crippen LogP contribution in [0.4, 0.5) is 0 Å². The van der Waals surface area contributed by atoms with E-state index in [1.54, 1.807) is 11.3 Å². The summed E-state index contributed by atoms with van der Waals surface area (Å²) in [6.07, 6.45) is 3.11. The molecule has 2 N–H and O–H groups in total. The minimum absolute atomic E-state index is 0.383. The second-order valence-electron chi connectivity index (χ2n) is 3.63. The van der Waals surface area contributed by atoms with Gasteiger partial charge >= 0.3 is 0 Å². The summed E-state index contributed by atoms with van der Waals surface area (Å²) >= 11 is 1.78. The van der Waals surface area contributed by atoms with Gasteiger partial charge in [0.25, 0.3) is 0 Å². The molecular weight excluding hydrogens is 182 g/mol. The van der Waals surface area contributed by atoms with Gasteiger partial charge in [0, 0.05) is 36.8 Å². The molecule has 0 saturated carbocycles. The molecule has 2 rings (SSSR count). The predicted molar refractivity (Wildman–Crippen MR) is 54.7 cm³/mol. The summed E-state index contributed by atoms with van der Waals surface area (Å²) in [5, 5.41) is 1.15. The van der Waals surface area contributed by atoms with Crippen LogP contribution in [0.3, 0.4) is 0 Å².